The molecule has 3 aromatic heterocycles. The third-order valence-corrected chi connectivity index (χ3v) is 12.8. The molecule has 5 nitrogen and oxygen atoms in total. The van der Waals surface area contributed by atoms with Gasteiger partial charge in [-0.2, -0.15) is 0 Å². The molecule has 12 rings (SSSR count). The summed E-state index contributed by atoms with van der Waals surface area (Å²) in [4.78, 5) is 0. The highest BCUT2D eigenvalue weighted by atomic mass is 32.1. The Labute approximate surface area is 332 Å². The first-order valence-electron chi connectivity index (χ1n) is 19.5. The van der Waals surface area contributed by atoms with Crippen molar-refractivity contribution in [3.63, 3.8) is 0 Å². The van der Waals surface area contributed by atoms with Crippen molar-refractivity contribution in [1.82, 2.24) is 15.2 Å². The highest BCUT2D eigenvalue weighted by molar-refractivity contribution is 7.25. The van der Waals surface area contributed by atoms with Gasteiger partial charge in [-0.15, -0.1) is 11.3 Å². The molecule has 0 aliphatic carbocycles. The lowest BCUT2D eigenvalue weighted by molar-refractivity contribution is 0.316. The van der Waals surface area contributed by atoms with Crippen LogP contribution in [0.2, 0.25) is 0 Å². The van der Waals surface area contributed by atoms with Crippen LogP contribution >= 0.6 is 11.3 Å². The van der Waals surface area contributed by atoms with Crippen molar-refractivity contribution < 1.29 is 4.42 Å². The summed E-state index contributed by atoms with van der Waals surface area (Å²) in [6, 6.07) is 65.2. The molecule has 1 aliphatic rings. The van der Waals surface area contributed by atoms with Gasteiger partial charge in [0.15, 0.2) is 0 Å². The van der Waals surface area contributed by atoms with E-state index >= 15 is 0 Å². The van der Waals surface area contributed by atoms with E-state index in [1.165, 1.54) is 53.1 Å². The molecule has 2 N–H and O–H groups in total. The Balaban J connectivity index is 0.912. The van der Waals surface area contributed by atoms with Crippen LogP contribution in [0.4, 0.5) is 0 Å². The molecule has 1 aliphatic heterocycles. The summed E-state index contributed by atoms with van der Waals surface area (Å²) in [5, 5.41) is 20.0. The maximum atomic E-state index is 6.63. The molecule has 57 heavy (non-hydrogen) atoms. The van der Waals surface area contributed by atoms with Crippen molar-refractivity contribution in [2.45, 2.75) is 18.5 Å². The molecule has 272 valence electrons. The molecule has 0 radical (unpaired) electrons. The number of hydrogen-bond acceptors (Lipinski definition) is 4. The predicted octanol–water partition coefficient (Wildman–Crippen LogP) is 13.7. The second-order valence-electron chi connectivity index (χ2n) is 14.9. The fourth-order valence-electron chi connectivity index (χ4n) is 8.94. The first-order valence-corrected chi connectivity index (χ1v) is 20.3. The summed E-state index contributed by atoms with van der Waals surface area (Å²) in [5.74, 6) is 0. The van der Waals surface area contributed by atoms with Gasteiger partial charge in [-0.05, 0) is 71.3 Å². The van der Waals surface area contributed by atoms with E-state index in [0.717, 1.165) is 44.3 Å². The zero-order valence-corrected chi connectivity index (χ0v) is 31.6. The molecule has 8 aromatic carbocycles. The molecule has 0 amide bonds. The van der Waals surface area contributed by atoms with E-state index in [2.05, 4.69) is 197 Å². The minimum atomic E-state index is -0.169. The number of furan rings is 1. The summed E-state index contributed by atoms with van der Waals surface area (Å²) in [6.07, 6.45) is -0.339. The minimum absolute atomic E-state index is 0.0380. The van der Waals surface area contributed by atoms with Gasteiger partial charge in [0.05, 0.1) is 28.3 Å². The molecular weight excluding hydrogens is 717 g/mol. The highest BCUT2D eigenvalue weighted by Gasteiger charge is 2.23. The Hall–Kier alpha value is -6.54. The van der Waals surface area contributed by atoms with Crippen molar-refractivity contribution in [2.75, 3.05) is 0 Å². The lowest BCUT2D eigenvalue weighted by Gasteiger charge is -2.50. The normalized spacial score (nSPS) is 17.4. The van der Waals surface area contributed by atoms with Crippen molar-refractivity contribution in [3.8, 4) is 16.8 Å². The Morgan fingerprint density at radius 2 is 1.11 bits per heavy atom. The summed E-state index contributed by atoms with van der Waals surface area (Å²) >= 11 is 1.84. The Bertz CT molecular complexity index is 3210. The number of para-hydroxylation sites is 2. The number of hydrogen-bond donors (Lipinski definition) is 2. The molecule has 4 heterocycles. The molecule has 11 aromatic rings. The number of thiophene rings is 1. The van der Waals surface area contributed by atoms with E-state index in [1.54, 1.807) is 0 Å². The van der Waals surface area contributed by atoms with Crippen molar-refractivity contribution in [3.05, 3.63) is 204 Å². The van der Waals surface area contributed by atoms with E-state index in [-0.39, 0.29) is 18.5 Å². The van der Waals surface area contributed by atoms with E-state index in [0.29, 0.717) is 0 Å². The van der Waals surface area contributed by atoms with Gasteiger partial charge in [0.1, 0.15) is 11.2 Å². The Kier molecular flexibility index (Phi) is 7.46. The van der Waals surface area contributed by atoms with Crippen LogP contribution in [-0.4, -0.2) is 4.57 Å². The molecule has 0 saturated carbocycles. The number of nitrogens with one attached hydrogen (secondary N) is 2. The standard InChI is InChI=1S/C51H35N4OS/c1-3-12-31(13-4-1)49-52-50(32-14-5-2-6-15-32)54-51(53-49)35-23-25-38-40-28-33(24-27-46(40)57-47(38)30-35)34-22-26-39-45(29-34)56-44-21-11-20-43(48(39)44)55-41-18-9-7-16-36(41)37-17-8-10-19-42(37)55/h1-30,49-53H/q-1. The van der Waals surface area contributed by atoms with Gasteiger partial charge in [-0.25, -0.2) is 0 Å². The maximum absolute atomic E-state index is 6.63. The minimum Gasteiger partial charge on any atom is -0.624 e. The molecule has 0 bridgehead atoms. The van der Waals surface area contributed by atoms with E-state index in [4.69, 9.17) is 9.73 Å². The number of aromatic nitrogens is 1. The Morgan fingerprint density at radius 3 is 1.88 bits per heavy atom. The quantitative estimate of drug-likeness (QED) is 0.184. The molecule has 6 heteroatoms. The highest BCUT2D eigenvalue weighted by Crippen LogP contribution is 2.43. The average Bonchev–Trinajstić information content (AvgIpc) is 3.95. The molecule has 3 unspecified atom stereocenters. The fourth-order valence-corrected chi connectivity index (χ4v) is 10.1. The molecule has 1 fully saturated rings. The second-order valence-corrected chi connectivity index (χ2v) is 16.0. The predicted molar refractivity (Wildman–Crippen MR) is 237 cm³/mol. The second kappa shape index (κ2) is 13.0. The first-order chi connectivity index (χ1) is 28.2. The zero-order chi connectivity index (χ0) is 37.5. The third-order valence-electron chi connectivity index (χ3n) is 11.6. The topological polar surface area (TPSA) is 56.2 Å². The average molecular weight is 752 g/mol. The first kappa shape index (κ1) is 32.7. The van der Waals surface area contributed by atoms with Crippen molar-refractivity contribution >= 4 is 75.3 Å². The molecule has 0 spiro atoms. The summed E-state index contributed by atoms with van der Waals surface area (Å²) < 4.78 is 11.5. The summed E-state index contributed by atoms with van der Waals surface area (Å²) in [5.41, 5.74) is 11.1. The van der Waals surface area contributed by atoms with Crippen LogP contribution in [0.15, 0.2) is 186 Å². The summed E-state index contributed by atoms with van der Waals surface area (Å²) in [7, 11) is 0. The van der Waals surface area contributed by atoms with Crippen LogP contribution in [0.25, 0.3) is 86.0 Å². The molecule has 3 atom stereocenters. The number of benzene rings is 8. The number of rotatable bonds is 5. The number of nitrogens with zero attached hydrogens (tertiary/aromatic N) is 2. The molecular formula is C51H35N4OS-. The fraction of sp³-hybridized carbons (Fsp3) is 0.0588. The van der Waals surface area contributed by atoms with Gasteiger partial charge in [-0.3, -0.25) is 0 Å². The van der Waals surface area contributed by atoms with Crippen molar-refractivity contribution in [2.24, 2.45) is 0 Å². The van der Waals surface area contributed by atoms with E-state index in [9.17, 15) is 0 Å². The monoisotopic (exact) mass is 751 g/mol. The molecule has 1 saturated heterocycles. The van der Waals surface area contributed by atoms with Gasteiger partial charge < -0.3 is 24.9 Å². The Morgan fingerprint density at radius 1 is 0.456 bits per heavy atom. The lowest BCUT2D eigenvalue weighted by atomic mass is 10.00. The van der Waals surface area contributed by atoms with E-state index < -0.39 is 0 Å². The third kappa shape index (κ3) is 5.34. The van der Waals surface area contributed by atoms with Crippen molar-refractivity contribution in [1.29, 1.82) is 0 Å². The lowest BCUT2D eigenvalue weighted by Crippen LogP contribution is -2.44. The van der Waals surface area contributed by atoms with Crippen LogP contribution in [0.5, 0.6) is 0 Å². The van der Waals surface area contributed by atoms with Crippen LogP contribution < -0.4 is 10.6 Å². The van der Waals surface area contributed by atoms with Gasteiger partial charge in [0, 0.05) is 36.3 Å². The smallest absolute Gasteiger partial charge is 0.137 e. The number of fused-ring (bicyclic) bond motifs is 9. The van der Waals surface area contributed by atoms with Crippen LogP contribution in [-0.2, 0) is 0 Å². The van der Waals surface area contributed by atoms with Crippen LogP contribution in [0.1, 0.15) is 35.2 Å². The summed E-state index contributed by atoms with van der Waals surface area (Å²) in [6.45, 7) is 0. The van der Waals surface area contributed by atoms with E-state index in [1.807, 2.05) is 11.3 Å². The van der Waals surface area contributed by atoms with Gasteiger partial charge in [0.25, 0.3) is 0 Å². The van der Waals surface area contributed by atoms with Gasteiger partial charge >= 0.3 is 0 Å². The maximum Gasteiger partial charge on any atom is 0.137 e. The van der Waals surface area contributed by atoms with Crippen LogP contribution in [0.3, 0.4) is 0 Å². The van der Waals surface area contributed by atoms with Gasteiger partial charge in [-0.1, -0.05) is 151 Å². The van der Waals surface area contributed by atoms with Crippen LogP contribution in [0, 0.1) is 0 Å². The SMILES string of the molecule is c1ccc(C2[N-]C(c3ccc4c(c3)sc3ccc(-c5ccc6c(c5)oc5cccc(-n7c8ccccc8c8ccccc87)c56)cc34)NC(c3ccccc3)N2)cc1. The van der Waals surface area contributed by atoms with Gasteiger partial charge in [0.2, 0.25) is 0 Å². The largest absolute Gasteiger partial charge is 0.624 e. The zero-order valence-electron chi connectivity index (χ0n) is 30.8.